The average Bonchev–Trinajstić information content (AvgIpc) is 2.68. The van der Waals surface area contributed by atoms with E-state index in [1.165, 1.54) is 12.1 Å². The summed E-state index contributed by atoms with van der Waals surface area (Å²) in [7, 11) is 1.66. The van der Waals surface area contributed by atoms with Gasteiger partial charge in [0, 0.05) is 12.4 Å². The first-order valence-electron chi connectivity index (χ1n) is 5.55. The van der Waals surface area contributed by atoms with Gasteiger partial charge < -0.3 is 14.4 Å². The molecule has 1 aromatic carbocycles. The zero-order chi connectivity index (χ0) is 13.3. The Morgan fingerprint density at radius 1 is 1.39 bits per heavy atom. The summed E-state index contributed by atoms with van der Waals surface area (Å²) in [5, 5.41) is 10.2. The molecule has 2 aromatic rings. The molecule has 5 nitrogen and oxygen atoms in total. The minimum atomic E-state index is -0.886. The molecular formula is C13H13NO4. The van der Waals surface area contributed by atoms with Gasteiger partial charge in [-0.1, -0.05) is 6.07 Å². The lowest BCUT2D eigenvalue weighted by atomic mass is 10.2. The number of benzene rings is 1. The van der Waals surface area contributed by atoms with Crippen LogP contribution >= 0.6 is 0 Å². The number of nitrogens with zero attached hydrogens (tertiary/aromatic N) is 1. The first-order chi connectivity index (χ1) is 8.56. The fraction of sp³-hybridized carbons (Fsp3) is 0.231. The molecule has 1 N–H and O–H groups in total. The van der Waals surface area contributed by atoms with Gasteiger partial charge in [-0.2, -0.15) is 0 Å². The number of aromatic nitrogens is 1. The summed E-state index contributed by atoms with van der Waals surface area (Å²) in [5.74, 6) is -1.52. The van der Waals surface area contributed by atoms with Gasteiger partial charge >= 0.3 is 5.97 Å². The third-order valence-electron chi connectivity index (χ3n) is 2.76. The van der Waals surface area contributed by atoms with Crippen LogP contribution in [-0.2, 0) is 16.6 Å². The van der Waals surface area contributed by atoms with Crippen molar-refractivity contribution < 1.29 is 19.4 Å². The maximum atomic E-state index is 11.9. The van der Waals surface area contributed by atoms with E-state index in [1.807, 2.05) is 0 Å². The first kappa shape index (κ1) is 12.2. The van der Waals surface area contributed by atoms with E-state index in [0.717, 1.165) is 0 Å². The van der Waals surface area contributed by atoms with Crippen molar-refractivity contribution in [2.75, 3.05) is 6.61 Å². The summed E-state index contributed by atoms with van der Waals surface area (Å²) in [5.41, 5.74) is 0.882. The second-order valence-electron chi connectivity index (χ2n) is 3.85. The lowest BCUT2D eigenvalue weighted by Gasteiger charge is -2.03. The molecule has 0 spiro atoms. The number of aromatic hydroxyl groups is 1. The molecule has 0 unspecified atom stereocenters. The van der Waals surface area contributed by atoms with Crippen LogP contribution in [0.3, 0.4) is 0 Å². The predicted molar refractivity (Wildman–Crippen MR) is 65.5 cm³/mol. The predicted octanol–water partition coefficient (Wildman–Crippen LogP) is 1.63. The summed E-state index contributed by atoms with van der Waals surface area (Å²) in [4.78, 5) is 23.3. The summed E-state index contributed by atoms with van der Waals surface area (Å²) in [6.45, 7) is 1.79. The number of ketones is 1. The second kappa shape index (κ2) is 4.52. The van der Waals surface area contributed by atoms with Crippen LogP contribution in [0.5, 0.6) is 5.75 Å². The van der Waals surface area contributed by atoms with Crippen LogP contribution in [0, 0.1) is 0 Å². The van der Waals surface area contributed by atoms with Crippen molar-refractivity contribution in [2.45, 2.75) is 6.92 Å². The molecule has 0 radical (unpaired) electrons. The van der Waals surface area contributed by atoms with Crippen molar-refractivity contribution in [3.05, 3.63) is 30.0 Å². The topological polar surface area (TPSA) is 68.5 Å². The van der Waals surface area contributed by atoms with Crippen molar-refractivity contribution in [1.29, 1.82) is 0 Å². The van der Waals surface area contributed by atoms with E-state index in [2.05, 4.69) is 4.74 Å². The molecule has 0 aliphatic heterocycles. The number of rotatable bonds is 3. The maximum Gasteiger partial charge on any atom is 0.381 e. The highest BCUT2D eigenvalue weighted by molar-refractivity contribution is 6.40. The third-order valence-corrected chi connectivity index (χ3v) is 2.76. The lowest BCUT2D eigenvalue weighted by Crippen LogP contribution is -2.19. The Hall–Kier alpha value is -2.30. The average molecular weight is 247 g/mol. The molecule has 0 fully saturated rings. The lowest BCUT2D eigenvalue weighted by molar-refractivity contribution is -0.137. The second-order valence-corrected chi connectivity index (χ2v) is 3.85. The summed E-state index contributed by atoms with van der Waals surface area (Å²) in [6.07, 6.45) is 0. The standard InChI is InChI=1S/C13H13NO4/c1-3-18-13(17)12(16)10-7-8-9(14(10)2)5-4-6-11(8)15/h4-7,15H,3H2,1-2H3. The van der Waals surface area contributed by atoms with Crippen molar-refractivity contribution in [3.63, 3.8) is 0 Å². The molecule has 0 bridgehead atoms. The molecule has 0 amide bonds. The molecule has 5 heteroatoms. The van der Waals surface area contributed by atoms with Crippen LogP contribution in [0.15, 0.2) is 24.3 Å². The molecule has 0 aliphatic rings. The smallest absolute Gasteiger partial charge is 0.381 e. The minimum Gasteiger partial charge on any atom is -0.507 e. The highest BCUT2D eigenvalue weighted by Gasteiger charge is 2.22. The number of carbonyl (C=O) groups excluding carboxylic acids is 2. The van der Waals surface area contributed by atoms with E-state index in [0.29, 0.717) is 10.9 Å². The Morgan fingerprint density at radius 3 is 2.72 bits per heavy atom. The molecule has 0 saturated carbocycles. The van der Waals surface area contributed by atoms with Crippen molar-refractivity contribution in [1.82, 2.24) is 4.57 Å². The Bertz CT molecular complexity index is 627. The molecule has 0 saturated heterocycles. The van der Waals surface area contributed by atoms with Gasteiger partial charge in [0.1, 0.15) is 5.75 Å². The zero-order valence-electron chi connectivity index (χ0n) is 10.1. The summed E-state index contributed by atoms with van der Waals surface area (Å²) in [6, 6.07) is 6.46. The Morgan fingerprint density at radius 2 is 2.11 bits per heavy atom. The van der Waals surface area contributed by atoms with E-state index in [4.69, 9.17) is 0 Å². The summed E-state index contributed by atoms with van der Waals surface area (Å²) < 4.78 is 6.24. The molecule has 18 heavy (non-hydrogen) atoms. The van der Waals surface area contributed by atoms with Crippen LogP contribution < -0.4 is 0 Å². The van der Waals surface area contributed by atoms with Gasteiger partial charge in [0.25, 0.3) is 5.78 Å². The number of phenolic OH excluding ortho intramolecular Hbond substituents is 1. The first-order valence-corrected chi connectivity index (χ1v) is 5.55. The fourth-order valence-electron chi connectivity index (χ4n) is 1.86. The van der Waals surface area contributed by atoms with E-state index >= 15 is 0 Å². The van der Waals surface area contributed by atoms with Crippen LogP contribution in [0.2, 0.25) is 0 Å². The molecule has 0 atom stereocenters. The number of fused-ring (bicyclic) bond motifs is 1. The SMILES string of the molecule is CCOC(=O)C(=O)c1cc2c(O)cccc2n1C. The number of esters is 1. The normalized spacial score (nSPS) is 10.6. The molecule has 2 rings (SSSR count). The molecule has 0 aliphatic carbocycles. The fourth-order valence-corrected chi connectivity index (χ4v) is 1.86. The van der Waals surface area contributed by atoms with Crippen LogP contribution in [0.1, 0.15) is 17.4 Å². The Balaban J connectivity index is 2.52. The van der Waals surface area contributed by atoms with Crippen LogP contribution in [-0.4, -0.2) is 28.0 Å². The highest BCUT2D eigenvalue weighted by Crippen LogP contribution is 2.27. The summed E-state index contributed by atoms with van der Waals surface area (Å²) >= 11 is 0. The van der Waals surface area contributed by atoms with Crippen molar-refractivity contribution >= 4 is 22.7 Å². The number of carbonyl (C=O) groups is 2. The third kappa shape index (κ3) is 1.84. The molecule has 1 aromatic heterocycles. The maximum absolute atomic E-state index is 11.9. The Kier molecular flexibility index (Phi) is 3.06. The largest absolute Gasteiger partial charge is 0.507 e. The van der Waals surface area contributed by atoms with Gasteiger partial charge in [-0.25, -0.2) is 4.79 Å². The van der Waals surface area contributed by atoms with Crippen LogP contribution in [0.4, 0.5) is 0 Å². The molecule has 94 valence electrons. The van der Waals surface area contributed by atoms with Crippen molar-refractivity contribution in [2.24, 2.45) is 7.05 Å². The van der Waals surface area contributed by atoms with Crippen LogP contribution in [0.25, 0.3) is 10.9 Å². The van der Waals surface area contributed by atoms with E-state index < -0.39 is 11.8 Å². The van der Waals surface area contributed by atoms with Gasteiger partial charge in [0.2, 0.25) is 0 Å². The van der Waals surface area contributed by atoms with Gasteiger partial charge in [0.05, 0.1) is 17.8 Å². The van der Waals surface area contributed by atoms with Gasteiger partial charge in [0.15, 0.2) is 0 Å². The zero-order valence-corrected chi connectivity index (χ0v) is 10.1. The number of hydrogen-bond acceptors (Lipinski definition) is 4. The number of phenols is 1. The quantitative estimate of drug-likeness (QED) is 0.508. The highest BCUT2D eigenvalue weighted by atomic mass is 16.5. The van der Waals surface area contributed by atoms with Gasteiger partial charge in [-0.15, -0.1) is 0 Å². The number of aryl methyl sites for hydroxylation is 1. The van der Waals surface area contributed by atoms with E-state index in [-0.39, 0.29) is 18.1 Å². The van der Waals surface area contributed by atoms with Crippen molar-refractivity contribution in [3.8, 4) is 5.75 Å². The van der Waals surface area contributed by atoms with Gasteiger partial charge in [-0.05, 0) is 25.1 Å². The number of ether oxygens (including phenoxy) is 1. The molecule has 1 heterocycles. The van der Waals surface area contributed by atoms with E-state index in [1.54, 1.807) is 30.7 Å². The Labute approximate surface area is 104 Å². The minimum absolute atomic E-state index is 0.0750. The molecular weight excluding hydrogens is 234 g/mol. The van der Waals surface area contributed by atoms with Gasteiger partial charge in [-0.3, -0.25) is 4.79 Å². The monoisotopic (exact) mass is 247 g/mol. The number of hydrogen-bond donors (Lipinski definition) is 1. The number of Topliss-reactive ketones (excluding diaryl/α,β-unsaturated/α-hetero) is 1. The van der Waals surface area contributed by atoms with E-state index in [9.17, 15) is 14.7 Å².